The molecule has 0 spiro atoms. The second-order valence-corrected chi connectivity index (χ2v) is 4.73. The van der Waals surface area contributed by atoms with Gasteiger partial charge in [0.2, 0.25) is 11.0 Å². The van der Waals surface area contributed by atoms with Crippen molar-refractivity contribution in [3.63, 3.8) is 0 Å². The van der Waals surface area contributed by atoms with Crippen LogP contribution in [-0.4, -0.2) is 22.7 Å². The fourth-order valence-corrected chi connectivity index (χ4v) is 2.07. The highest BCUT2D eigenvalue weighted by atomic mass is 16.8. The molecule has 0 amide bonds. The number of pyridine rings is 1. The molecule has 1 aromatic carbocycles. The standard InChI is InChI=1S/C15H13N3O4/c19-15(21-8-2-4-11-3-1-7-16-10-11)12-5-6-14-13(9-12)17-22-18(14)20/h1,3,5-7,9-10H,2,4,8H2. The summed E-state index contributed by atoms with van der Waals surface area (Å²) in [7, 11) is 0. The first kappa shape index (κ1) is 14.0. The van der Waals surface area contributed by atoms with Crippen LogP contribution in [0.15, 0.2) is 47.4 Å². The minimum atomic E-state index is -0.450. The summed E-state index contributed by atoms with van der Waals surface area (Å²) in [6, 6.07) is 8.31. The predicted octanol–water partition coefficient (Wildman–Crippen LogP) is 1.65. The van der Waals surface area contributed by atoms with Crippen molar-refractivity contribution in [2.24, 2.45) is 0 Å². The monoisotopic (exact) mass is 299 g/mol. The third-order valence-corrected chi connectivity index (χ3v) is 3.19. The first-order valence-electron chi connectivity index (χ1n) is 6.79. The lowest BCUT2D eigenvalue weighted by Crippen LogP contribution is -2.22. The third-order valence-electron chi connectivity index (χ3n) is 3.19. The number of nitrogens with zero attached hydrogens (tertiary/aromatic N) is 3. The average molecular weight is 299 g/mol. The van der Waals surface area contributed by atoms with Crippen molar-refractivity contribution in [3.8, 4) is 0 Å². The fraction of sp³-hybridized carbons (Fsp3) is 0.200. The summed E-state index contributed by atoms with van der Waals surface area (Å²) < 4.78 is 9.65. The van der Waals surface area contributed by atoms with Crippen molar-refractivity contribution in [2.45, 2.75) is 12.8 Å². The Kier molecular flexibility index (Phi) is 3.95. The van der Waals surface area contributed by atoms with Gasteiger partial charge in [0.1, 0.15) is 0 Å². The predicted molar refractivity (Wildman–Crippen MR) is 75.8 cm³/mol. The summed E-state index contributed by atoms with van der Waals surface area (Å²) in [4.78, 5) is 16.2. The Hall–Kier alpha value is -2.96. The molecule has 3 aromatic rings. The van der Waals surface area contributed by atoms with Gasteiger partial charge in [0.05, 0.1) is 12.2 Å². The number of carbonyl (C=O) groups excluding carboxylic acids is 1. The molecule has 7 nitrogen and oxygen atoms in total. The lowest BCUT2D eigenvalue weighted by molar-refractivity contribution is -0.782. The number of rotatable bonds is 5. The molecule has 112 valence electrons. The van der Waals surface area contributed by atoms with Crippen LogP contribution in [0.5, 0.6) is 0 Å². The molecule has 0 atom stereocenters. The molecule has 2 aromatic heterocycles. The molecule has 0 aliphatic heterocycles. The molecular formula is C15H13N3O4. The largest absolute Gasteiger partial charge is 0.462 e. The summed E-state index contributed by atoms with van der Waals surface area (Å²) in [6.45, 7) is 0.312. The van der Waals surface area contributed by atoms with Crippen molar-refractivity contribution in [1.29, 1.82) is 0 Å². The van der Waals surface area contributed by atoms with Crippen LogP contribution < -0.4 is 4.90 Å². The van der Waals surface area contributed by atoms with Gasteiger partial charge in [-0.3, -0.25) is 9.61 Å². The normalized spacial score (nSPS) is 10.7. The molecule has 0 bridgehead atoms. The van der Waals surface area contributed by atoms with Crippen molar-refractivity contribution in [2.75, 3.05) is 6.61 Å². The van der Waals surface area contributed by atoms with Crippen LogP contribution in [0, 0.1) is 5.21 Å². The fourth-order valence-electron chi connectivity index (χ4n) is 2.07. The highest BCUT2D eigenvalue weighted by Crippen LogP contribution is 2.12. The SMILES string of the molecule is O=C(OCCCc1cccnc1)c1ccc2c(c1)no[n+]2[O-]. The lowest BCUT2D eigenvalue weighted by atomic mass is 10.2. The minimum Gasteiger partial charge on any atom is -0.462 e. The molecule has 0 radical (unpaired) electrons. The van der Waals surface area contributed by atoms with Crippen LogP contribution in [0.1, 0.15) is 22.3 Å². The van der Waals surface area contributed by atoms with Crippen LogP contribution >= 0.6 is 0 Å². The van der Waals surface area contributed by atoms with E-state index >= 15 is 0 Å². The second-order valence-electron chi connectivity index (χ2n) is 4.73. The molecule has 3 rings (SSSR count). The molecule has 0 fully saturated rings. The molecular weight excluding hydrogens is 286 g/mol. The Morgan fingerprint density at radius 3 is 3.09 bits per heavy atom. The van der Waals surface area contributed by atoms with E-state index in [9.17, 15) is 10.0 Å². The van der Waals surface area contributed by atoms with Crippen LogP contribution in [0.2, 0.25) is 0 Å². The molecule has 0 saturated heterocycles. The Labute approximate surface area is 125 Å². The van der Waals surface area contributed by atoms with E-state index in [0.29, 0.717) is 29.0 Å². The van der Waals surface area contributed by atoms with E-state index in [2.05, 4.69) is 14.8 Å². The van der Waals surface area contributed by atoms with E-state index in [1.54, 1.807) is 12.4 Å². The molecule has 2 heterocycles. The van der Waals surface area contributed by atoms with Gasteiger partial charge in [-0.2, -0.15) is 0 Å². The van der Waals surface area contributed by atoms with E-state index in [1.165, 1.54) is 18.2 Å². The van der Waals surface area contributed by atoms with Crippen LogP contribution in [0.4, 0.5) is 0 Å². The molecule has 0 N–H and O–H groups in total. The highest BCUT2D eigenvalue weighted by molar-refractivity contribution is 5.92. The van der Waals surface area contributed by atoms with Gasteiger partial charge >= 0.3 is 5.97 Å². The number of hydrogen-bond donors (Lipinski definition) is 0. The van der Waals surface area contributed by atoms with Crippen LogP contribution in [0.3, 0.4) is 0 Å². The molecule has 7 heteroatoms. The minimum absolute atomic E-state index is 0.271. The second kappa shape index (κ2) is 6.21. The van der Waals surface area contributed by atoms with Gasteiger partial charge in [-0.25, -0.2) is 4.79 Å². The third kappa shape index (κ3) is 3.03. The summed E-state index contributed by atoms with van der Waals surface area (Å²) in [5.74, 6) is -0.450. The Bertz CT molecular complexity index is 786. The number of aromatic nitrogens is 3. The summed E-state index contributed by atoms with van der Waals surface area (Å²) in [5, 5.41) is 14.7. The van der Waals surface area contributed by atoms with E-state index in [1.807, 2.05) is 12.1 Å². The molecule has 0 saturated carbocycles. The van der Waals surface area contributed by atoms with Gasteiger partial charge in [-0.1, -0.05) is 6.07 Å². The van der Waals surface area contributed by atoms with Gasteiger partial charge < -0.3 is 9.94 Å². The zero-order chi connectivity index (χ0) is 15.4. The number of hydrogen-bond acceptors (Lipinski definition) is 6. The van der Waals surface area contributed by atoms with Crippen molar-refractivity contribution in [1.82, 2.24) is 10.1 Å². The van der Waals surface area contributed by atoms with Gasteiger partial charge in [-0.15, -0.1) is 0 Å². The van der Waals surface area contributed by atoms with E-state index in [-0.39, 0.29) is 5.52 Å². The van der Waals surface area contributed by atoms with Crippen LogP contribution in [0.25, 0.3) is 11.0 Å². The van der Waals surface area contributed by atoms with Crippen LogP contribution in [-0.2, 0) is 11.2 Å². The van der Waals surface area contributed by atoms with Gasteiger partial charge in [0, 0.05) is 23.6 Å². The summed E-state index contributed by atoms with van der Waals surface area (Å²) in [6.07, 6.45) is 5.01. The Balaban J connectivity index is 1.54. The van der Waals surface area contributed by atoms with Crippen molar-refractivity contribution in [3.05, 3.63) is 59.1 Å². The number of carbonyl (C=O) groups is 1. The maximum atomic E-state index is 11.9. The number of fused-ring (bicyclic) bond motifs is 1. The molecule has 22 heavy (non-hydrogen) atoms. The molecule has 0 unspecified atom stereocenters. The van der Waals surface area contributed by atoms with Crippen molar-refractivity contribution >= 4 is 17.0 Å². The Morgan fingerprint density at radius 2 is 2.27 bits per heavy atom. The van der Waals surface area contributed by atoms with Gasteiger partial charge in [-0.05, 0) is 41.5 Å². The van der Waals surface area contributed by atoms with E-state index < -0.39 is 5.97 Å². The number of ether oxygens (including phenoxy) is 1. The molecule has 0 aliphatic carbocycles. The summed E-state index contributed by atoms with van der Waals surface area (Å²) >= 11 is 0. The maximum absolute atomic E-state index is 11.9. The smallest absolute Gasteiger partial charge is 0.338 e. The zero-order valence-corrected chi connectivity index (χ0v) is 11.6. The number of benzene rings is 1. The highest BCUT2D eigenvalue weighted by Gasteiger charge is 2.14. The van der Waals surface area contributed by atoms with Crippen molar-refractivity contribution < 1.29 is 19.1 Å². The Morgan fingerprint density at radius 1 is 1.36 bits per heavy atom. The molecule has 0 aliphatic rings. The summed E-state index contributed by atoms with van der Waals surface area (Å²) in [5.41, 5.74) is 2.03. The topological polar surface area (TPSA) is 92.2 Å². The maximum Gasteiger partial charge on any atom is 0.338 e. The van der Waals surface area contributed by atoms with Gasteiger partial charge in [0.15, 0.2) is 0 Å². The first-order valence-corrected chi connectivity index (χ1v) is 6.79. The number of aryl methyl sites for hydroxylation is 1. The lowest BCUT2D eigenvalue weighted by Gasteiger charge is -2.04. The van der Waals surface area contributed by atoms with Gasteiger partial charge in [0.25, 0.3) is 0 Å². The first-order chi connectivity index (χ1) is 10.7. The zero-order valence-electron chi connectivity index (χ0n) is 11.6. The van der Waals surface area contributed by atoms with E-state index in [4.69, 9.17) is 4.74 Å². The quantitative estimate of drug-likeness (QED) is 0.404. The number of esters is 1. The van der Waals surface area contributed by atoms with E-state index in [0.717, 1.165) is 12.0 Å². The average Bonchev–Trinajstić information content (AvgIpc) is 2.93.